The van der Waals surface area contributed by atoms with Gasteiger partial charge in [0.2, 0.25) is 5.91 Å². The molecule has 0 radical (unpaired) electrons. The molecular weight excluding hydrogens is 282 g/mol. The predicted octanol–water partition coefficient (Wildman–Crippen LogP) is 2.16. The lowest BCUT2D eigenvalue weighted by molar-refractivity contribution is -0.129. The fourth-order valence-corrected chi connectivity index (χ4v) is 2.84. The highest BCUT2D eigenvalue weighted by Gasteiger charge is 2.38. The summed E-state index contributed by atoms with van der Waals surface area (Å²) in [7, 11) is 0. The van der Waals surface area contributed by atoms with E-state index in [-0.39, 0.29) is 24.0 Å². The van der Waals surface area contributed by atoms with E-state index < -0.39 is 5.63 Å². The number of rotatable bonds is 5. The Morgan fingerprint density at radius 1 is 1.27 bits per heavy atom. The largest absolute Gasteiger partial charge is 0.426 e. The van der Waals surface area contributed by atoms with Crippen molar-refractivity contribution in [1.82, 2.24) is 4.90 Å². The highest BCUT2D eigenvalue weighted by Crippen LogP contribution is 2.32. The van der Waals surface area contributed by atoms with Crippen molar-refractivity contribution in [2.24, 2.45) is 11.8 Å². The van der Waals surface area contributed by atoms with Crippen LogP contribution in [0.15, 0.2) is 15.3 Å². The molecule has 0 aromatic carbocycles. The molecule has 5 nitrogen and oxygen atoms in total. The Morgan fingerprint density at radius 2 is 2.00 bits per heavy atom. The van der Waals surface area contributed by atoms with Gasteiger partial charge < -0.3 is 4.42 Å². The van der Waals surface area contributed by atoms with Crippen molar-refractivity contribution >= 4 is 11.8 Å². The highest BCUT2D eigenvalue weighted by molar-refractivity contribution is 6.09. The number of carbonyl (C=O) groups is 2. The van der Waals surface area contributed by atoms with Crippen molar-refractivity contribution in [3.63, 3.8) is 0 Å². The number of carbonyl (C=O) groups excluding carboxylic acids is 2. The predicted molar refractivity (Wildman–Crippen MR) is 80.6 cm³/mol. The second kappa shape index (κ2) is 5.71. The lowest BCUT2D eigenvalue weighted by Gasteiger charge is -2.27. The van der Waals surface area contributed by atoms with Crippen LogP contribution < -0.4 is 5.63 Å². The molecule has 118 valence electrons. The molecule has 0 spiro atoms. The van der Waals surface area contributed by atoms with Crippen LogP contribution in [0.25, 0.3) is 0 Å². The van der Waals surface area contributed by atoms with Gasteiger partial charge >= 0.3 is 5.63 Å². The summed E-state index contributed by atoms with van der Waals surface area (Å²) in [6.45, 7) is 4.70. The quantitative estimate of drug-likeness (QED) is 0.782. The minimum Gasteiger partial charge on any atom is -0.426 e. The van der Waals surface area contributed by atoms with Gasteiger partial charge in [0, 0.05) is 12.6 Å². The van der Waals surface area contributed by atoms with Crippen molar-refractivity contribution in [3.8, 4) is 0 Å². The third-order valence-corrected chi connectivity index (χ3v) is 4.32. The molecule has 0 unspecified atom stereocenters. The van der Waals surface area contributed by atoms with Crippen LogP contribution in [0.2, 0.25) is 0 Å². The zero-order chi connectivity index (χ0) is 15.9. The van der Waals surface area contributed by atoms with Gasteiger partial charge in [-0.3, -0.25) is 14.5 Å². The van der Waals surface area contributed by atoms with E-state index in [1.54, 1.807) is 0 Å². The second-order valence-electron chi connectivity index (χ2n) is 6.75. The van der Waals surface area contributed by atoms with Gasteiger partial charge in [0.15, 0.2) is 0 Å². The van der Waals surface area contributed by atoms with E-state index in [2.05, 4.69) is 13.8 Å². The van der Waals surface area contributed by atoms with Gasteiger partial charge in [0.25, 0.3) is 5.91 Å². The van der Waals surface area contributed by atoms with Crippen molar-refractivity contribution in [1.29, 1.82) is 0 Å². The highest BCUT2D eigenvalue weighted by atomic mass is 16.4. The molecule has 5 heteroatoms. The molecule has 1 aromatic heterocycles. The number of hydrogen-bond acceptors (Lipinski definition) is 4. The van der Waals surface area contributed by atoms with Crippen LogP contribution >= 0.6 is 0 Å². The zero-order valence-electron chi connectivity index (χ0n) is 13.1. The van der Waals surface area contributed by atoms with Crippen molar-refractivity contribution in [3.05, 3.63) is 33.4 Å². The summed E-state index contributed by atoms with van der Waals surface area (Å²) < 4.78 is 5.13. The number of fused-ring (bicyclic) bond motifs is 1. The first kappa shape index (κ1) is 15.0. The second-order valence-corrected chi connectivity index (χ2v) is 6.75. The Labute approximate surface area is 129 Å². The molecule has 0 bridgehead atoms. The molecule has 1 aliphatic carbocycles. The molecule has 1 aliphatic heterocycles. The minimum absolute atomic E-state index is 0.0125. The Bertz CT molecular complexity index is 670. The number of hydrogen-bond donors (Lipinski definition) is 0. The zero-order valence-corrected chi connectivity index (χ0v) is 13.1. The summed E-state index contributed by atoms with van der Waals surface area (Å²) in [6, 6.07) is 1.41. The van der Waals surface area contributed by atoms with Crippen LogP contribution in [0.1, 0.15) is 54.8 Å². The maximum Gasteiger partial charge on any atom is 0.336 e. The summed E-state index contributed by atoms with van der Waals surface area (Å²) in [5, 5.41) is 0. The summed E-state index contributed by atoms with van der Waals surface area (Å²) in [4.78, 5) is 37.9. The SMILES string of the molecule is CC(C)CCc1cc(=O)oc2c1C(=O)N(CC1CC1)C(=O)C2. The van der Waals surface area contributed by atoms with E-state index in [0.717, 1.165) is 24.8 Å². The van der Waals surface area contributed by atoms with E-state index in [0.29, 0.717) is 30.4 Å². The first-order chi connectivity index (χ1) is 10.5. The van der Waals surface area contributed by atoms with Gasteiger partial charge in [-0.05, 0) is 43.1 Å². The summed E-state index contributed by atoms with van der Waals surface area (Å²) in [5.74, 6) is 0.623. The summed E-state index contributed by atoms with van der Waals surface area (Å²) in [5.41, 5.74) is 0.687. The molecule has 2 heterocycles. The molecule has 2 amide bonds. The van der Waals surface area contributed by atoms with Crippen LogP contribution in [-0.4, -0.2) is 23.3 Å². The first-order valence-corrected chi connectivity index (χ1v) is 7.96. The standard InChI is InChI=1S/C17H21NO4/c1-10(2)3-6-12-7-15(20)22-13-8-14(19)18(9-11-4-5-11)17(21)16(12)13/h7,10-11H,3-6,8-9H2,1-2H3. The fraction of sp³-hybridized carbons (Fsp3) is 0.588. The van der Waals surface area contributed by atoms with Crippen LogP contribution in [0.3, 0.4) is 0 Å². The number of aryl methyl sites for hydroxylation is 1. The van der Waals surface area contributed by atoms with Crippen LogP contribution in [0.4, 0.5) is 0 Å². The van der Waals surface area contributed by atoms with Crippen molar-refractivity contribution in [2.75, 3.05) is 6.54 Å². The normalized spacial score (nSPS) is 18.0. The molecule has 0 atom stereocenters. The van der Waals surface area contributed by atoms with Gasteiger partial charge in [0.1, 0.15) is 5.76 Å². The Hall–Kier alpha value is -1.91. The average Bonchev–Trinajstić information content (AvgIpc) is 3.24. The number of nitrogens with zero attached hydrogens (tertiary/aromatic N) is 1. The molecule has 0 N–H and O–H groups in total. The molecule has 3 rings (SSSR count). The smallest absolute Gasteiger partial charge is 0.336 e. The van der Waals surface area contributed by atoms with Crippen LogP contribution in [0, 0.1) is 11.8 Å². The van der Waals surface area contributed by atoms with E-state index >= 15 is 0 Å². The lowest BCUT2D eigenvalue weighted by atomic mass is 9.94. The summed E-state index contributed by atoms with van der Waals surface area (Å²) >= 11 is 0. The van der Waals surface area contributed by atoms with Gasteiger partial charge in [-0.25, -0.2) is 4.79 Å². The third-order valence-electron chi connectivity index (χ3n) is 4.32. The van der Waals surface area contributed by atoms with Crippen LogP contribution in [-0.2, 0) is 17.6 Å². The number of amides is 2. The van der Waals surface area contributed by atoms with Crippen LogP contribution in [0.5, 0.6) is 0 Å². The molecule has 0 saturated heterocycles. The molecule has 1 saturated carbocycles. The molecule has 22 heavy (non-hydrogen) atoms. The van der Waals surface area contributed by atoms with Gasteiger partial charge in [-0.2, -0.15) is 0 Å². The topological polar surface area (TPSA) is 67.6 Å². The lowest BCUT2D eigenvalue weighted by Crippen LogP contribution is -2.44. The Morgan fingerprint density at radius 3 is 2.64 bits per heavy atom. The first-order valence-electron chi connectivity index (χ1n) is 7.96. The van der Waals surface area contributed by atoms with Gasteiger partial charge in [-0.15, -0.1) is 0 Å². The van der Waals surface area contributed by atoms with E-state index in [4.69, 9.17) is 4.42 Å². The minimum atomic E-state index is -0.478. The molecule has 2 aliphatic rings. The third kappa shape index (κ3) is 2.98. The van der Waals surface area contributed by atoms with E-state index in [9.17, 15) is 14.4 Å². The molecule has 1 aromatic rings. The van der Waals surface area contributed by atoms with E-state index in [1.165, 1.54) is 11.0 Å². The molecular formula is C17H21NO4. The summed E-state index contributed by atoms with van der Waals surface area (Å²) in [6.07, 6.45) is 3.71. The van der Waals surface area contributed by atoms with E-state index in [1.807, 2.05) is 0 Å². The van der Waals surface area contributed by atoms with Gasteiger partial charge in [-0.1, -0.05) is 13.8 Å². The van der Waals surface area contributed by atoms with Crippen molar-refractivity contribution < 1.29 is 14.0 Å². The molecule has 1 fully saturated rings. The number of imide groups is 1. The monoisotopic (exact) mass is 303 g/mol. The Balaban J connectivity index is 1.96. The maximum atomic E-state index is 12.7. The Kier molecular flexibility index (Phi) is 3.89. The average molecular weight is 303 g/mol. The maximum absolute atomic E-state index is 12.7. The van der Waals surface area contributed by atoms with Crippen molar-refractivity contribution in [2.45, 2.75) is 46.0 Å². The fourth-order valence-electron chi connectivity index (χ4n) is 2.84. The van der Waals surface area contributed by atoms with Gasteiger partial charge in [0.05, 0.1) is 12.0 Å².